The van der Waals surface area contributed by atoms with E-state index in [9.17, 15) is 14.6 Å². The van der Waals surface area contributed by atoms with E-state index in [-0.39, 0.29) is 23.9 Å². The van der Waals surface area contributed by atoms with Crippen LogP contribution in [0.5, 0.6) is 17.2 Å². The first-order valence-corrected chi connectivity index (χ1v) is 4.45. The molecule has 1 aromatic carbocycles. The summed E-state index contributed by atoms with van der Waals surface area (Å²) < 4.78 is 23.7. The van der Waals surface area contributed by atoms with Crippen molar-refractivity contribution in [3.63, 3.8) is 0 Å². The second kappa shape index (κ2) is 3.00. The number of hydrogen-bond donors (Lipinski definition) is 2. The summed E-state index contributed by atoms with van der Waals surface area (Å²) in [7, 11) is 0. The van der Waals surface area contributed by atoms with Crippen molar-refractivity contribution in [1.29, 1.82) is 0 Å². The molecule has 2 rings (SSSR count). The molecule has 2 N–H and O–H groups in total. The van der Waals surface area contributed by atoms with Crippen molar-refractivity contribution < 1.29 is 24.1 Å². The van der Waals surface area contributed by atoms with Crippen LogP contribution in [0.3, 0.4) is 0 Å². The van der Waals surface area contributed by atoms with E-state index in [0.29, 0.717) is 0 Å². The lowest BCUT2D eigenvalue weighted by molar-refractivity contribution is 0.0697. The Labute approximate surface area is 85.9 Å². The van der Waals surface area contributed by atoms with Crippen LogP contribution in [-0.4, -0.2) is 17.0 Å². The van der Waals surface area contributed by atoms with Gasteiger partial charge in [0.25, 0.3) is 0 Å². The molecule has 0 saturated carbocycles. The van der Waals surface area contributed by atoms with E-state index in [1.807, 2.05) is 0 Å². The van der Waals surface area contributed by atoms with Crippen molar-refractivity contribution in [3.05, 3.63) is 17.4 Å². The highest BCUT2D eigenvalue weighted by atomic mass is 19.1. The number of aromatic hydroxyl groups is 1. The number of hydrogen-bond acceptors (Lipinski definition) is 4. The Morgan fingerprint density at radius 1 is 1.40 bits per heavy atom. The fourth-order valence-electron chi connectivity index (χ4n) is 1.55. The quantitative estimate of drug-likeness (QED) is 0.743. The summed E-state index contributed by atoms with van der Waals surface area (Å²) in [6.45, 7) is 2.78. The van der Waals surface area contributed by atoms with E-state index in [1.165, 1.54) is 13.8 Å². The third-order valence-corrected chi connectivity index (χ3v) is 2.19. The molecule has 0 spiro atoms. The molecule has 82 valence electrons. The third kappa shape index (κ3) is 1.48. The molecule has 0 aromatic heterocycles. The molecule has 0 bridgehead atoms. The molecule has 0 fully saturated rings. The smallest absolute Gasteiger partial charge is 0.231 e. The first-order valence-electron chi connectivity index (χ1n) is 4.45. The molecule has 0 aliphatic carbocycles. The Kier molecular flexibility index (Phi) is 2.01. The zero-order valence-corrected chi connectivity index (χ0v) is 8.37. The minimum absolute atomic E-state index is 0.0404. The van der Waals surface area contributed by atoms with Gasteiger partial charge in [-0.25, -0.2) is 4.39 Å². The molecule has 0 radical (unpaired) electrons. The van der Waals surface area contributed by atoms with E-state index < -0.39 is 17.2 Å². The highest BCUT2D eigenvalue weighted by Crippen LogP contribution is 2.45. The zero-order chi connectivity index (χ0) is 11.2. The van der Waals surface area contributed by atoms with Crippen LogP contribution in [0.4, 0.5) is 4.39 Å². The van der Waals surface area contributed by atoms with Gasteiger partial charge in [-0.05, 0) is 13.8 Å². The fraction of sp³-hybridized carbons (Fsp3) is 0.400. The summed E-state index contributed by atoms with van der Waals surface area (Å²) in [5.74, 6) is -1.05. The van der Waals surface area contributed by atoms with Gasteiger partial charge in [0, 0.05) is 6.07 Å². The first kappa shape index (κ1) is 10.0. The van der Waals surface area contributed by atoms with E-state index >= 15 is 0 Å². The fourth-order valence-corrected chi connectivity index (χ4v) is 1.55. The van der Waals surface area contributed by atoms with Gasteiger partial charge in [0.05, 0.1) is 11.2 Å². The van der Waals surface area contributed by atoms with Crippen molar-refractivity contribution in [1.82, 2.24) is 0 Å². The first-order chi connectivity index (χ1) is 6.91. The SMILES string of the molecule is CC(C)(O)c1c(F)c(O)cc2c1OCO2. The third-order valence-electron chi connectivity index (χ3n) is 2.19. The molecule has 0 unspecified atom stereocenters. The summed E-state index contributed by atoms with van der Waals surface area (Å²) >= 11 is 0. The summed E-state index contributed by atoms with van der Waals surface area (Å²) in [5, 5.41) is 19.1. The van der Waals surface area contributed by atoms with Gasteiger partial charge in [0.2, 0.25) is 6.79 Å². The van der Waals surface area contributed by atoms with Crippen molar-refractivity contribution in [3.8, 4) is 17.2 Å². The van der Waals surface area contributed by atoms with Crippen molar-refractivity contribution in [2.75, 3.05) is 6.79 Å². The monoisotopic (exact) mass is 214 g/mol. The highest BCUT2D eigenvalue weighted by Gasteiger charge is 2.33. The van der Waals surface area contributed by atoms with Gasteiger partial charge in [-0.15, -0.1) is 0 Å². The molecule has 1 aliphatic heterocycles. The van der Waals surface area contributed by atoms with E-state index in [4.69, 9.17) is 9.47 Å². The van der Waals surface area contributed by atoms with Crippen molar-refractivity contribution >= 4 is 0 Å². The number of benzene rings is 1. The lowest BCUT2D eigenvalue weighted by Crippen LogP contribution is -2.18. The van der Waals surface area contributed by atoms with Gasteiger partial charge in [-0.2, -0.15) is 0 Å². The van der Waals surface area contributed by atoms with Crippen LogP contribution in [0.15, 0.2) is 6.07 Å². The molecular weight excluding hydrogens is 203 g/mol. The van der Waals surface area contributed by atoms with Gasteiger partial charge < -0.3 is 19.7 Å². The van der Waals surface area contributed by atoms with Crippen LogP contribution in [0, 0.1) is 5.82 Å². The zero-order valence-electron chi connectivity index (χ0n) is 8.37. The van der Waals surface area contributed by atoms with Crippen LogP contribution in [-0.2, 0) is 5.60 Å². The van der Waals surface area contributed by atoms with Crippen molar-refractivity contribution in [2.24, 2.45) is 0 Å². The molecule has 1 aliphatic rings. The topological polar surface area (TPSA) is 58.9 Å². The van der Waals surface area contributed by atoms with Gasteiger partial charge >= 0.3 is 0 Å². The second-order valence-corrected chi connectivity index (χ2v) is 3.88. The number of aliphatic hydroxyl groups is 1. The van der Waals surface area contributed by atoms with Gasteiger partial charge in [0.15, 0.2) is 23.1 Å². The minimum atomic E-state index is -1.44. The lowest BCUT2D eigenvalue weighted by Gasteiger charge is -2.20. The van der Waals surface area contributed by atoms with Crippen LogP contribution in [0.2, 0.25) is 0 Å². The van der Waals surface area contributed by atoms with E-state index in [2.05, 4.69) is 0 Å². The second-order valence-electron chi connectivity index (χ2n) is 3.88. The van der Waals surface area contributed by atoms with Crippen LogP contribution in [0.1, 0.15) is 19.4 Å². The molecule has 0 atom stereocenters. The van der Waals surface area contributed by atoms with Gasteiger partial charge in [-0.1, -0.05) is 0 Å². The molecule has 5 heteroatoms. The summed E-state index contributed by atoms with van der Waals surface area (Å²) in [6, 6.07) is 1.13. The normalized spacial score (nSPS) is 14.4. The minimum Gasteiger partial charge on any atom is -0.505 e. The Morgan fingerprint density at radius 3 is 2.67 bits per heavy atom. The maximum absolute atomic E-state index is 13.6. The number of rotatable bonds is 1. The Balaban J connectivity index is 2.71. The molecule has 1 aromatic rings. The maximum atomic E-state index is 13.6. The molecule has 0 saturated heterocycles. The molecule has 4 nitrogen and oxygen atoms in total. The van der Waals surface area contributed by atoms with Crippen LogP contribution in [0.25, 0.3) is 0 Å². The summed E-state index contributed by atoms with van der Waals surface area (Å²) in [6.07, 6.45) is 0. The predicted octanol–water partition coefficient (Wildman–Crippen LogP) is 1.49. The molecule has 1 heterocycles. The van der Waals surface area contributed by atoms with Gasteiger partial charge in [-0.3, -0.25) is 0 Å². The summed E-state index contributed by atoms with van der Waals surface area (Å²) in [5.41, 5.74) is -1.53. The Bertz CT molecular complexity index is 409. The standard InChI is InChI=1S/C10H11FO4/c1-10(2,13)7-8(11)5(12)3-6-9(7)15-4-14-6/h3,12-13H,4H2,1-2H3. The van der Waals surface area contributed by atoms with Crippen LogP contribution < -0.4 is 9.47 Å². The average Bonchev–Trinajstić information content (AvgIpc) is 2.50. The van der Waals surface area contributed by atoms with E-state index in [1.54, 1.807) is 0 Å². The van der Waals surface area contributed by atoms with Crippen LogP contribution >= 0.6 is 0 Å². The predicted molar refractivity (Wildman–Crippen MR) is 49.4 cm³/mol. The average molecular weight is 214 g/mol. The number of phenols is 1. The number of phenolic OH excluding ortho intramolecular Hbond substituents is 1. The molecular formula is C10H11FO4. The Hall–Kier alpha value is -1.49. The maximum Gasteiger partial charge on any atom is 0.231 e. The van der Waals surface area contributed by atoms with E-state index in [0.717, 1.165) is 6.07 Å². The van der Waals surface area contributed by atoms with Gasteiger partial charge in [0.1, 0.15) is 0 Å². The molecule has 15 heavy (non-hydrogen) atoms. The summed E-state index contributed by atoms with van der Waals surface area (Å²) in [4.78, 5) is 0. The number of halogens is 1. The van der Waals surface area contributed by atoms with Crippen molar-refractivity contribution in [2.45, 2.75) is 19.4 Å². The lowest BCUT2D eigenvalue weighted by atomic mass is 9.96. The number of fused-ring (bicyclic) bond motifs is 1. The molecule has 0 amide bonds. The largest absolute Gasteiger partial charge is 0.505 e. The Morgan fingerprint density at radius 2 is 2.07 bits per heavy atom. The number of ether oxygens (including phenoxy) is 2. The highest BCUT2D eigenvalue weighted by molar-refractivity contribution is 5.55.